The van der Waals surface area contributed by atoms with Gasteiger partial charge in [0.15, 0.2) is 5.58 Å². The van der Waals surface area contributed by atoms with Crippen molar-refractivity contribution in [3.05, 3.63) is 70.8 Å². The van der Waals surface area contributed by atoms with Gasteiger partial charge < -0.3 is 9.73 Å². The number of H-pyrrole nitrogens is 1. The normalized spacial score (nSPS) is 11.0. The third kappa shape index (κ3) is 2.65. The van der Waals surface area contributed by atoms with Crippen LogP contribution in [0.4, 0.5) is 5.69 Å². The molecule has 0 bridgehead atoms. The Balaban J connectivity index is 1.58. The van der Waals surface area contributed by atoms with Crippen LogP contribution in [0.25, 0.3) is 22.0 Å². The first kappa shape index (κ1) is 14.2. The van der Waals surface area contributed by atoms with E-state index in [9.17, 15) is 9.59 Å². The summed E-state index contributed by atoms with van der Waals surface area (Å²) in [6, 6.07) is 14.6. The number of hydrogen-bond donors (Lipinski definition) is 2. The van der Waals surface area contributed by atoms with Gasteiger partial charge in [0.1, 0.15) is 0 Å². The Bertz CT molecular complexity index is 1110. The minimum Gasteiger partial charge on any atom is -0.408 e. The van der Waals surface area contributed by atoms with Crippen LogP contribution in [0.5, 0.6) is 0 Å². The molecule has 6 heteroatoms. The van der Waals surface area contributed by atoms with E-state index in [2.05, 4.69) is 15.3 Å². The molecule has 0 saturated carbocycles. The third-order valence-corrected chi connectivity index (χ3v) is 3.77. The van der Waals surface area contributed by atoms with Crippen LogP contribution >= 0.6 is 0 Å². The van der Waals surface area contributed by atoms with Gasteiger partial charge in [0.2, 0.25) is 5.91 Å². The van der Waals surface area contributed by atoms with Crippen molar-refractivity contribution < 1.29 is 9.21 Å². The smallest absolute Gasteiger partial charge is 0.408 e. The van der Waals surface area contributed by atoms with Crippen molar-refractivity contribution in [1.29, 1.82) is 0 Å². The summed E-state index contributed by atoms with van der Waals surface area (Å²) in [6.07, 6.45) is 1.93. The lowest BCUT2D eigenvalue weighted by Crippen LogP contribution is -2.14. The number of amides is 1. The van der Waals surface area contributed by atoms with E-state index in [1.807, 2.05) is 30.3 Å². The van der Waals surface area contributed by atoms with Crippen LogP contribution in [-0.4, -0.2) is 15.9 Å². The molecule has 4 aromatic rings. The second-order valence-corrected chi connectivity index (χ2v) is 5.44. The second kappa shape index (κ2) is 5.66. The minimum atomic E-state index is -0.518. The predicted molar refractivity (Wildman–Crippen MR) is 90.9 cm³/mol. The monoisotopic (exact) mass is 319 g/mol. The Hall–Kier alpha value is -3.41. The first-order valence-corrected chi connectivity index (χ1v) is 7.44. The van der Waals surface area contributed by atoms with Crippen molar-refractivity contribution in [2.75, 3.05) is 5.32 Å². The summed E-state index contributed by atoms with van der Waals surface area (Å²) in [5, 5.41) is 3.83. The number of fused-ring (bicyclic) bond motifs is 2. The Morgan fingerprint density at radius 3 is 2.96 bits per heavy atom. The van der Waals surface area contributed by atoms with Gasteiger partial charge in [-0.2, -0.15) is 0 Å². The van der Waals surface area contributed by atoms with E-state index in [0.29, 0.717) is 16.8 Å². The fraction of sp³-hybridized carbons (Fsp3) is 0.0556. The van der Waals surface area contributed by atoms with Crippen molar-refractivity contribution >= 4 is 33.6 Å². The van der Waals surface area contributed by atoms with E-state index < -0.39 is 5.76 Å². The number of pyridine rings is 1. The van der Waals surface area contributed by atoms with Gasteiger partial charge in [0, 0.05) is 17.3 Å². The largest absolute Gasteiger partial charge is 0.417 e. The van der Waals surface area contributed by atoms with Gasteiger partial charge in [-0.25, -0.2) is 4.79 Å². The molecule has 2 aromatic carbocycles. The fourth-order valence-electron chi connectivity index (χ4n) is 2.72. The molecule has 0 fully saturated rings. The first-order chi connectivity index (χ1) is 11.7. The second-order valence-electron chi connectivity index (χ2n) is 5.44. The summed E-state index contributed by atoms with van der Waals surface area (Å²) in [5.41, 5.74) is 3.28. The van der Waals surface area contributed by atoms with E-state index in [0.717, 1.165) is 16.5 Å². The van der Waals surface area contributed by atoms with Crippen molar-refractivity contribution in [3.63, 3.8) is 0 Å². The van der Waals surface area contributed by atoms with Crippen molar-refractivity contribution in [2.24, 2.45) is 0 Å². The molecule has 0 aliphatic rings. The summed E-state index contributed by atoms with van der Waals surface area (Å²) in [6.45, 7) is 0. The number of nitrogens with zero attached hydrogens (tertiary/aromatic N) is 1. The molecule has 24 heavy (non-hydrogen) atoms. The van der Waals surface area contributed by atoms with Crippen LogP contribution in [0, 0.1) is 0 Å². The average molecular weight is 319 g/mol. The quantitative estimate of drug-likeness (QED) is 0.608. The Morgan fingerprint density at radius 2 is 2.04 bits per heavy atom. The molecule has 2 heterocycles. The number of aromatic amines is 1. The standard InChI is InChI=1S/C18H13N3O3/c22-16(9-12-4-1-3-11-5-2-8-19-17(11)12)20-13-6-7-15-14(10-13)21-18(23)24-15/h1-8,10H,9H2,(H,20,22)(H,21,23). The van der Waals surface area contributed by atoms with E-state index >= 15 is 0 Å². The molecule has 6 nitrogen and oxygen atoms in total. The summed E-state index contributed by atoms with van der Waals surface area (Å²) in [5.74, 6) is -0.673. The van der Waals surface area contributed by atoms with Gasteiger partial charge in [-0.05, 0) is 29.8 Å². The Kier molecular flexibility index (Phi) is 3.35. The summed E-state index contributed by atoms with van der Waals surface area (Å²) >= 11 is 0. The number of hydrogen-bond acceptors (Lipinski definition) is 4. The summed E-state index contributed by atoms with van der Waals surface area (Å²) in [4.78, 5) is 30.4. The van der Waals surface area contributed by atoms with E-state index in [4.69, 9.17) is 4.42 Å². The Labute approximate surface area is 136 Å². The zero-order chi connectivity index (χ0) is 16.5. The molecule has 0 aliphatic heterocycles. The molecular weight excluding hydrogens is 306 g/mol. The van der Waals surface area contributed by atoms with Gasteiger partial charge in [-0.15, -0.1) is 0 Å². The highest BCUT2D eigenvalue weighted by atomic mass is 16.4. The number of oxazole rings is 1. The number of anilines is 1. The first-order valence-electron chi connectivity index (χ1n) is 7.44. The van der Waals surface area contributed by atoms with E-state index in [-0.39, 0.29) is 12.3 Å². The number of carbonyl (C=O) groups excluding carboxylic acids is 1. The van der Waals surface area contributed by atoms with Crippen LogP contribution in [0.3, 0.4) is 0 Å². The maximum Gasteiger partial charge on any atom is 0.417 e. The maximum absolute atomic E-state index is 12.3. The molecule has 0 unspecified atom stereocenters. The highest BCUT2D eigenvalue weighted by molar-refractivity contribution is 5.96. The number of para-hydroxylation sites is 1. The van der Waals surface area contributed by atoms with Crippen LogP contribution in [0.1, 0.15) is 5.56 Å². The molecule has 0 radical (unpaired) electrons. The zero-order valence-electron chi connectivity index (χ0n) is 12.6. The van der Waals surface area contributed by atoms with Crippen molar-refractivity contribution in [3.8, 4) is 0 Å². The van der Waals surface area contributed by atoms with E-state index in [1.54, 1.807) is 24.4 Å². The van der Waals surface area contributed by atoms with Crippen LogP contribution in [0.2, 0.25) is 0 Å². The molecule has 2 N–H and O–H groups in total. The van der Waals surface area contributed by atoms with Gasteiger partial charge in [0.25, 0.3) is 0 Å². The van der Waals surface area contributed by atoms with E-state index in [1.165, 1.54) is 0 Å². The van der Waals surface area contributed by atoms with Gasteiger partial charge in [0.05, 0.1) is 17.5 Å². The molecule has 0 atom stereocenters. The molecule has 118 valence electrons. The topological polar surface area (TPSA) is 88.0 Å². The molecular formula is C18H13N3O3. The Morgan fingerprint density at radius 1 is 1.17 bits per heavy atom. The van der Waals surface area contributed by atoms with Gasteiger partial charge in [-0.3, -0.25) is 14.8 Å². The highest BCUT2D eigenvalue weighted by Gasteiger charge is 2.09. The molecule has 2 aromatic heterocycles. The van der Waals surface area contributed by atoms with Gasteiger partial charge >= 0.3 is 5.76 Å². The number of benzene rings is 2. The van der Waals surface area contributed by atoms with Crippen LogP contribution in [-0.2, 0) is 11.2 Å². The number of nitrogens with one attached hydrogen (secondary N) is 2. The highest BCUT2D eigenvalue weighted by Crippen LogP contribution is 2.19. The van der Waals surface area contributed by atoms with Crippen LogP contribution in [0.15, 0.2) is 63.9 Å². The number of aromatic nitrogens is 2. The zero-order valence-corrected chi connectivity index (χ0v) is 12.6. The lowest BCUT2D eigenvalue weighted by Gasteiger charge is -2.07. The SMILES string of the molecule is O=C(Cc1cccc2cccnc12)Nc1ccc2oc(=O)[nH]c2c1. The van der Waals surface area contributed by atoms with Crippen molar-refractivity contribution in [2.45, 2.75) is 6.42 Å². The fourth-order valence-corrected chi connectivity index (χ4v) is 2.72. The molecule has 0 spiro atoms. The van der Waals surface area contributed by atoms with Gasteiger partial charge in [-0.1, -0.05) is 24.3 Å². The third-order valence-electron chi connectivity index (χ3n) is 3.77. The summed E-state index contributed by atoms with van der Waals surface area (Å²) in [7, 11) is 0. The number of carbonyl (C=O) groups is 1. The molecule has 0 aliphatic carbocycles. The molecule has 4 rings (SSSR count). The summed E-state index contributed by atoms with van der Waals surface area (Å²) < 4.78 is 4.94. The lowest BCUT2D eigenvalue weighted by molar-refractivity contribution is -0.115. The number of rotatable bonds is 3. The molecule has 1 amide bonds. The lowest BCUT2D eigenvalue weighted by atomic mass is 10.1. The maximum atomic E-state index is 12.3. The predicted octanol–water partition coefficient (Wildman–Crippen LogP) is 2.85. The van der Waals surface area contributed by atoms with Crippen molar-refractivity contribution in [1.82, 2.24) is 9.97 Å². The minimum absolute atomic E-state index is 0.154. The van der Waals surface area contributed by atoms with Crippen LogP contribution < -0.4 is 11.1 Å². The average Bonchev–Trinajstić information content (AvgIpc) is 2.94. The molecule has 0 saturated heterocycles.